The number of hydrogen-bond donors (Lipinski definition) is 0. The van der Waals surface area contributed by atoms with Crippen LogP contribution in [0.15, 0.2) is 24.5 Å². The molecule has 3 heteroatoms. The highest BCUT2D eigenvalue weighted by molar-refractivity contribution is 5.89. The van der Waals surface area contributed by atoms with Gasteiger partial charge in [0.2, 0.25) is 0 Å². The Labute approximate surface area is 78.1 Å². The summed E-state index contributed by atoms with van der Waals surface area (Å²) < 4.78 is 1.93. The summed E-state index contributed by atoms with van der Waals surface area (Å²) in [6.07, 6.45) is 8.25. The topological polar surface area (TPSA) is 34.9 Å². The number of imidazole rings is 1. The van der Waals surface area contributed by atoms with Crippen molar-refractivity contribution in [2.45, 2.75) is 19.8 Å². The first-order valence-corrected chi connectivity index (χ1v) is 4.35. The van der Waals surface area contributed by atoms with Crippen LogP contribution in [0.2, 0.25) is 0 Å². The summed E-state index contributed by atoms with van der Waals surface area (Å²) in [7, 11) is 1.93. The smallest absolute Gasteiger partial charge is 0.155 e. The molecule has 0 unspecified atom stereocenters. The van der Waals surface area contributed by atoms with Crippen molar-refractivity contribution < 1.29 is 4.79 Å². The van der Waals surface area contributed by atoms with E-state index >= 15 is 0 Å². The predicted octanol–water partition coefficient (Wildman–Crippen LogP) is 1.50. The van der Waals surface area contributed by atoms with Gasteiger partial charge < -0.3 is 4.57 Å². The lowest BCUT2D eigenvalue weighted by Crippen LogP contribution is -2.01. The van der Waals surface area contributed by atoms with Crippen molar-refractivity contribution in [3.63, 3.8) is 0 Å². The number of hydrogen-bond acceptors (Lipinski definition) is 2. The highest BCUT2D eigenvalue weighted by Gasteiger charge is 2.01. The van der Waals surface area contributed by atoms with E-state index in [0.717, 1.165) is 5.82 Å². The molecule has 0 spiro atoms. The quantitative estimate of drug-likeness (QED) is 0.655. The SMILES string of the molecule is C/C=C/C(=O)CCc1nccn1C. The van der Waals surface area contributed by atoms with Crippen molar-refractivity contribution in [2.75, 3.05) is 0 Å². The van der Waals surface area contributed by atoms with Gasteiger partial charge >= 0.3 is 0 Å². The third-order valence-corrected chi connectivity index (χ3v) is 1.87. The van der Waals surface area contributed by atoms with Crippen molar-refractivity contribution in [3.8, 4) is 0 Å². The summed E-state index contributed by atoms with van der Waals surface area (Å²) in [5, 5.41) is 0. The molecule has 0 atom stereocenters. The van der Waals surface area contributed by atoms with Gasteiger partial charge in [-0.2, -0.15) is 0 Å². The monoisotopic (exact) mass is 178 g/mol. The maximum absolute atomic E-state index is 11.1. The second kappa shape index (κ2) is 4.60. The Kier molecular flexibility index (Phi) is 3.43. The van der Waals surface area contributed by atoms with Gasteiger partial charge in [0, 0.05) is 32.3 Å². The number of nitrogens with zero attached hydrogens (tertiary/aromatic N) is 2. The van der Waals surface area contributed by atoms with E-state index in [4.69, 9.17) is 0 Å². The summed E-state index contributed by atoms with van der Waals surface area (Å²) in [5.74, 6) is 1.11. The Morgan fingerprint density at radius 3 is 3.00 bits per heavy atom. The van der Waals surface area contributed by atoms with E-state index in [-0.39, 0.29) is 5.78 Å². The van der Waals surface area contributed by atoms with Crippen molar-refractivity contribution >= 4 is 5.78 Å². The van der Waals surface area contributed by atoms with Crippen LogP contribution in [-0.4, -0.2) is 15.3 Å². The van der Waals surface area contributed by atoms with Gasteiger partial charge in [-0.25, -0.2) is 4.98 Å². The standard InChI is InChI=1S/C10H14N2O/c1-3-4-9(13)5-6-10-11-7-8-12(10)2/h3-4,7-8H,5-6H2,1-2H3/b4-3+. The Bertz CT molecular complexity index is 312. The molecule has 0 aliphatic rings. The van der Waals surface area contributed by atoms with E-state index in [1.807, 2.05) is 24.7 Å². The molecule has 1 rings (SSSR count). The van der Waals surface area contributed by atoms with E-state index in [1.165, 1.54) is 0 Å². The predicted molar refractivity (Wildman–Crippen MR) is 51.4 cm³/mol. The number of carbonyl (C=O) groups excluding carboxylic acids is 1. The zero-order chi connectivity index (χ0) is 9.68. The second-order valence-electron chi connectivity index (χ2n) is 2.92. The molecule has 0 aliphatic heterocycles. The molecule has 0 saturated carbocycles. The minimum absolute atomic E-state index is 0.158. The lowest BCUT2D eigenvalue weighted by atomic mass is 10.2. The van der Waals surface area contributed by atoms with Gasteiger partial charge in [0.25, 0.3) is 0 Å². The fourth-order valence-corrected chi connectivity index (χ4v) is 1.14. The molecule has 70 valence electrons. The molecule has 0 N–H and O–H groups in total. The fraction of sp³-hybridized carbons (Fsp3) is 0.400. The minimum Gasteiger partial charge on any atom is -0.338 e. The van der Waals surface area contributed by atoms with Crippen LogP contribution in [0.1, 0.15) is 19.2 Å². The van der Waals surface area contributed by atoms with Crippen molar-refractivity contribution in [2.24, 2.45) is 7.05 Å². The van der Waals surface area contributed by atoms with Gasteiger partial charge in [0.1, 0.15) is 5.82 Å². The average molecular weight is 178 g/mol. The van der Waals surface area contributed by atoms with Crippen LogP contribution in [0.5, 0.6) is 0 Å². The van der Waals surface area contributed by atoms with Crippen molar-refractivity contribution in [1.82, 2.24) is 9.55 Å². The highest BCUT2D eigenvalue weighted by Crippen LogP contribution is 1.99. The van der Waals surface area contributed by atoms with Gasteiger partial charge in [-0.3, -0.25) is 4.79 Å². The highest BCUT2D eigenvalue weighted by atomic mass is 16.1. The Balaban J connectivity index is 2.44. The summed E-state index contributed by atoms with van der Waals surface area (Å²) in [6, 6.07) is 0. The fourth-order valence-electron chi connectivity index (χ4n) is 1.14. The Hall–Kier alpha value is -1.38. The molecular weight excluding hydrogens is 164 g/mol. The average Bonchev–Trinajstić information content (AvgIpc) is 2.48. The molecule has 0 bridgehead atoms. The van der Waals surface area contributed by atoms with Crippen LogP contribution in [0.4, 0.5) is 0 Å². The molecule has 0 fully saturated rings. The number of rotatable bonds is 4. The van der Waals surface area contributed by atoms with Gasteiger partial charge in [-0.05, 0) is 13.0 Å². The molecular formula is C10H14N2O. The first-order chi connectivity index (χ1) is 6.24. The van der Waals surface area contributed by atoms with E-state index < -0.39 is 0 Å². The summed E-state index contributed by atoms with van der Waals surface area (Å²) in [5.41, 5.74) is 0. The number of allylic oxidation sites excluding steroid dienone is 2. The van der Waals surface area contributed by atoms with Crippen molar-refractivity contribution in [1.29, 1.82) is 0 Å². The third-order valence-electron chi connectivity index (χ3n) is 1.87. The van der Waals surface area contributed by atoms with Crippen LogP contribution >= 0.6 is 0 Å². The molecule has 3 nitrogen and oxygen atoms in total. The lowest BCUT2D eigenvalue weighted by molar-refractivity contribution is -0.114. The van der Waals surface area contributed by atoms with Crippen LogP contribution in [-0.2, 0) is 18.3 Å². The van der Waals surface area contributed by atoms with Gasteiger partial charge in [-0.1, -0.05) is 6.08 Å². The molecule has 0 radical (unpaired) electrons. The number of carbonyl (C=O) groups is 1. The van der Waals surface area contributed by atoms with Gasteiger partial charge in [-0.15, -0.1) is 0 Å². The van der Waals surface area contributed by atoms with E-state index in [1.54, 1.807) is 18.3 Å². The zero-order valence-electron chi connectivity index (χ0n) is 8.03. The van der Waals surface area contributed by atoms with Crippen LogP contribution < -0.4 is 0 Å². The second-order valence-corrected chi connectivity index (χ2v) is 2.92. The molecule has 0 amide bonds. The lowest BCUT2D eigenvalue weighted by Gasteiger charge is -1.98. The van der Waals surface area contributed by atoms with E-state index in [9.17, 15) is 4.79 Å². The van der Waals surface area contributed by atoms with E-state index in [2.05, 4.69) is 4.98 Å². The molecule has 0 aromatic carbocycles. The normalized spacial score (nSPS) is 10.9. The molecule has 1 aromatic rings. The molecule has 0 saturated heterocycles. The number of aromatic nitrogens is 2. The summed E-state index contributed by atoms with van der Waals surface area (Å²) >= 11 is 0. The van der Waals surface area contributed by atoms with Crippen molar-refractivity contribution in [3.05, 3.63) is 30.4 Å². The molecule has 1 aromatic heterocycles. The Morgan fingerprint density at radius 1 is 1.69 bits per heavy atom. The van der Waals surface area contributed by atoms with Crippen LogP contribution in [0.3, 0.4) is 0 Å². The number of ketones is 1. The summed E-state index contributed by atoms with van der Waals surface area (Å²) in [6.45, 7) is 1.85. The van der Waals surface area contributed by atoms with Crippen LogP contribution in [0, 0.1) is 0 Å². The molecule has 0 aliphatic carbocycles. The third kappa shape index (κ3) is 2.86. The van der Waals surface area contributed by atoms with Crippen LogP contribution in [0.25, 0.3) is 0 Å². The van der Waals surface area contributed by atoms with E-state index in [0.29, 0.717) is 12.8 Å². The Morgan fingerprint density at radius 2 is 2.46 bits per heavy atom. The zero-order valence-corrected chi connectivity index (χ0v) is 8.03. The maximum Gasteiger partial charge on any atom is 0.155 e. The first kappa shape index (κ1) is 9.71. The number of aryl methyl sites for hydroxylation is 2. The molecule has 13 heavy (non-hydrogen) atoms. The largest absolute Gasteiger partial charge is 0.338 e. The van der Waals surface area contributed by atoms with Gasteiger partial charge in [0.15, 0.2) is 5.78 Å². The minimum atomic E-state index is 0.158. The summed E-state index contributed by atoms with van der Waals surface area (Å²) in [4.78, 5) is 15.3. The first-order valence-electron chi connectivity index (χ1n) is 4.35. The van der Waals surface area contributed by atoms with Gasteiger partial charge in [0.05, 0.1) is 0 Å². The molecule has 1 heterocycles. The maximum atomic E-state index is 11.1.